The van der Waals surface area contributed by atoms with Crippen LogP contribution in [0.2, 0.25) is 0 Å². The molecule has 2 aliphatic rings. The smallest absolute Gasteiger partial charge is 0.183 e. The van der Waals surface area contributed by atoms with E-state index in [1.807, 2.05) is 0 Å². The van der Waals surface area contributed by atoms with Gasteiger partial charge in [0.1, 0.15) is 29.5 Å². The van der Waals surface area contributed by atoms with Crippen LogP contribution < -0.4 is 0 Å². The first-order chi connectivity index (χ1) is 8.13. The average molecular weight is 266 g/mol. The lowest BCUT2D eigenvalue weighted by molar-refractivity contribution is -0.371. The van der Waals surface area contributed by atoms with Crippen molar-refractivity contribution in [2.75, 3.05) is 0 Å². The van der Waals surface area contributed by atoms with Gasteiger partial charge in [0.05, 0.1) is 12.2 Å². The molecule has 0 aromatic rings. The molecule has 1 heterocycles. The molecule has 1 aliphatic heterocycles. The lowest BCUT2D eigenvalue weighted by Gasteiger charge is -2.56. The molecule has 0 aromatic carbocycles. The van der Waals surface area contributed by atoms with Gasteiger partial charge in [-0.15, -0.1) is 0 Å². The largest absolute Gasteiger partial charge is 0.390 e. The minimum absolute atomic E-state index is 0.304. The van der Waals surface area contributed by atoms with Crippen LogP contribution in [0.4, 0.5) is 0 Å². The fourth-order valence-corrected chi connectivity index (χ4v) is 2.65. The van der Waals surface area contributed by atoms with Crippen LogP contribution >= 0.6 is 0 Å². The van der Waals surface area contributed by atoms with Crippen LogP contribution in [0, 0.1) is 0 Å². The highest BCUT2D eigenvalue weighted by atomic mass is 16.6. The van der Waals surface area contributed by atoms with Gasteiger partial charge in [0, 0.05) is 6.42 Å². The summed E-state index contributed by atoms with van der Waals surface area (Å²) in [5.41, 5.74) is -4.45. The molecule has 0 bridgehead atoms. The van der Waals surface area contributed by atoms with Crippen molar-refractivity contribution in [1.82, 2.24) is 0 Å². The Morgan fingerprint density at radius 2 is 1.61 bits per heavy atom. The van der Waals surface area contributed by atoms with Gasteiger partial charge in [0.25, 0.3) is 0 Å². The molecule has 0 aromatic heterocycles. The van der Waals surface area contributed by atoms with E-state index in [1.54, 1.807) is 0 Å². The molecule has 2 rings (SSSR count). The molecular formula is C10H18O8. The Morgan fingerprint density at radius 3 is 2.17 bits per heavy atom. The first kappa shape index (κ1) is 14.1. The number of aliphatic hydroxyl groups is 7. The van der Waals surface area contributed by atoms with E-state index < -0.39 is 48.0 Å². The standard InChI is InChI=1S/C10H18O8/c1-9(16)3(11)2-4-10(17,8(9)15)6(13)5(12)7(14)18-4/h3-8,11-17H,2H2,1H3/t3-,4+,5+,6+,7?,8-,9+,10-/m0/s1. The van der Waals surface area contributed by atoms with Crippen molar-refractivity contribution in [3.63, 3.8) is 0 Å². The van der Waals surface area contributed by atoms with Crippen molar-refractivity contribution < 1.29 is 40.5 Å². The molecule has 2 fully saturated rings. The summed E-state index contributed by atoms with van der Waals surface area (Å²) in [7, 11) is 0. The minimum atomic E-state index is -2.37. The molecule has 7 N–H and O–H groups in total. The Morgan fingerprint density at radius 1 is 1.06 bits per heavy atom. The summed E-state index contributed by atoms with van der Waals surface area (Å²) in [4.78, 5) is 0. The maximum absolute atomic E-state index is 10.3. The Hall–Kier alpha value is -0.320. The highest BCUT2D eigenvalue weighted by Crippen LogP contribution is 2.43. The number of rotatable bonds is 0. The number of aliphatic hydroxyl groups excluding tert-OH is 5. The first-order valence-corrected chi connectivity index (χ1v) is 5.64. The molecule has 1 saturated heterocycles. The Labute approximate surface area is 103 Å². The third-order valence-corrected chi connectivity index (χ3v) is 4.01. The second kappa shape index (κ2) is 4.09. The predicted molar refractivity (Wildman–Crippen MR) is 55.1 cm³/mol. The quantitative estimate of drug-likeness (QED) is 0.234. The van der Waals surface area contributed by atoms with E-state index in [4.69, 9.17) is 4.74 Å². The van der Waals surface area contributed by atoms with E-state index >= 15 is 0 Å². The van der Waals surface area contributed by atoms with Crippen molar-refractivity contribution in [2.24, 2.45) is 0 Å². The molecule has 8 nitrogen and oxygen atoms in total. The van der Waals surface area contributed by atoms with E-state index in [-0.39, 0.29) is 6.42 Å². The molecule has 18 heavy (non-hydrogen) atoms. The second-order valence-electron chi connectivity index (χ2n) is 5.22. The lowest BCUT2D eigenvalue weighted by Crippen LogP contribution is -2.79. The molecular weight excluding hydrogens is 248 g/mol. The number of hydrogen-bond acceptors (Lipinski definition) is 8. The zero-order chi connectivity index (χ0) is 13.9. The predicted octanol–water partition coefficient (Wildman–Crippen LogP) is -3.97. The van der Waals surface area contributed by atoms with E-state index in [0.717, 1.165) is 6.92 Å². The topological polar surface area (TPSA) is 151 Å². The van der Waals surface area contributed by atoms with Crippen LogP contribution in [0.15, 0.2) is 0 Å². The summed E-state index contributed by atoms with van der Waals surface area (Å²) in [5.74, 6) is 0. The van der Waals surface area contributed by atoms with E-state index in [9.17, 15) is 35.7 Å². The molecule has 106 valence electrons. The molecule has 8 heteroatoms. The third-order valence-electron chi connectivity index (χ3n) is 4.01. The van der Waals surface area contributed by atoms with Crippen molar-refractivity contribution in [1.29, 1.82) is 0 Å². The van der Waals surface area contributed by atoms with Crippen molar-refractivity contribution in [3.8, 4) is 0 Å². The summed E-state index contributed by atoms with van der Waals surface area (Å²) in [6, 6.07) is 0. The normalized spacial score (nSPS) is 61.3. The second-order valence-corrected chi connectivity index (χ2v) is 5.22. The lowest BCUT2D eigenvalue weighted by atomic mass is 9.65. The Kier molecular flexibility index (Phi) is 3.20. The van der Waals surface area contributed by atoms with Gasteiger partial charge in [-0.05, 0) is 6.92 Å². The van der Waals surface area contributed by atoms with E-state index in [1.165, 1.54) is 0 Å². The molecule has 0 spiro atoms. The zero-order valence-corrected chi connectivity index (χ0v) is 9.71. The zero-order valence-electron chi connectivity index (χ0n) is 9.71. The van der Waals surface area contributed by atoms with Crippen LogP contribution in [-0.4, -0.2) is 83.8 Å². The minimum Gasteiger partial charge on any atom is -0.390 e. The van der Waals surface area contributed by atoms with Crippen LogP contribution in [0.25, 0.3) is 0 Å². The highest BCUT2D eigenvalue weighted by molar-refractivity contribution is 5.16. The molecule has 1 aliphatic carbocycles. The summed E-state index contributed by atoms with van der Waals surface area (Å²) in [6.07, 6.45) is -10.5. The van der Waals surface area contributed by atoms with Gasteiger partial charge >= 0.3 is 0 Å². The molecule has 8 atom stereocenters. The van der Waals surface area contributed by atoms with Gasteiger partial charge in [-0.1, -0.05) is 0 Å². The van der Waals surface area contributed by atoms with Crippen LogP contribution in [0.3, 0.4) is 0 Å². The molecule has 1 unspecified atom stereocenters. The first-order valence-electron chi connectivity index (χ1n) is 5.64. The summed E-state index contributed by atoms with van der Waals surface area (Å²) in [6.45, 7) is 1.10. The highest BCUT2D eigenvalue weighted by Gasteiger charge is 2.66. The Balaban J connectivity index is 2.40. The van der Waals surface area contributed by atoms with E-state index in [0.29, 0.717) is 0 Å². The van der Waals surface area contributed by atoms with Crippen molar-refractivity contribution in [2.45, 2.75) is 61.4 Å². The third kappa shape index (κ3) is 1.62. The SMILES string of the molecule is C[C@@]1(O)[C@@H](O)C[C@H]2OC(O)[C@H](O)[C@@H](O)[C@]2(O)[C@H]1O. The van der Waals surface area contributed by atoms with Crippen molar-refractivity contribution >= 4 is 0 Å². The maximum Gasteiger partial charge on any atom is 0.183 e. The van der Waals surface area contributed by atoms with E-state index in [2.05, 4.69) is 0 Å². The summed E-state index contributed by atoms with van der Waals surface area (Å²) < 4.78 is 4.87. The van der Waals surface area contributed by atoms with Gasteiger partial charge in [0.2, 0.25) is 0 Å². The molecule has 0 radical (unpaired) electrons. The number of fused-ring (bicyclic) bond motifs is 1. The van der Waals surface area contributed by atoms with Crippen LogP contribution in [0.5, 0.6) is 0 Å². The number of hydrogen-bond donors (Lipinski definition) is 7. The van der Waals surface area contributed by atoms with Crippen LogP contribution in [-0.2, 0) is 4.74 Å². The number of ether oxygens (including phenoxy) is 1. The van der Waals surface area contributed by atoms with Gasteiger partial charge in [-0.2, -0.15) is 0 Å². The van der Waals surface area contributed by atoms with Crippen LogP contribution in [0.1, 0.15) is 13.3 Å². The van der Waals surface area contributed by atoms with Gasteiger partial charge in [-0.3, -0.25) is 0 Å². The van der Waals surface area contributed by atoms with Crippen molar-refractivity contribution in [3.05, 3.63) is 0 Å². The monoisotopic (exact) mass is 266 g/mol. The summed E-state index contributed by atoms with van der Waals surface area (Å²) in [5, 5.41) is 68.4. The summed E-state index contributed by atoms with van der Waals surface area (Å²) >= 11 is 0. The fourth-order valence-electron chi connectivity index (χ4n) is 2.65. The fraction of sp³-hybridized carbons (Fsp3) is 1.00. The molecule has 1 saturated carbocycles. The Bertz CT molecular complexity index is 334. The molecule has 0 amide bonds. The average Bonchev–Trinajstić information content (AvgIpc) is 2.30. The van der Waals surface area contributed by atoms with Gasteiger partial charge in [-0.25, -0.2) is 0 Å². The maximum atomic E-state index is 10.3. The van der Waals surface area contributed by atoms with Gasteiger partial charge in [0.15, 0.2) is 6.29 Å². The van der Waals surface area contributed by atoms with Gasteiger partial charge < -0.3 is 40.5 Å².